The second-order valence-electron chi connectivity index (χ2n) is 9.83. The molecule has 1 saturated heterocycles. The van der Waals surface area contributed by atoms with Gasteiger partial charge < -0.3 is 20.5 Å². The third kappa shape index (κ3) is 9.43. The first-order valence-corrected chi connectivity index (χ1v) is 12.4. The molecule has 0 bridgehead atoms. The normalized spacial score (nSPS) is 16.9. The third-order valence-electron chi connectivity index (χ3n) is 5.38. The molecule has 1 heterocycles. The molecule has 0 radical (unpaired) electrons. The molecule has 3 N–H and O–H groups in total. The summed E-state index contributed by atoms with van der Waals surface area (Å²) in [5, 5.41) is 17.3. The standard InChI is InChI=1S/C14H26N2O3.C11H10O.C3H8/c1-6-14(5,12(18)19-13(2,3)4)16-11(17)10-8-7-9-15-10;12-8-10-6-3-5-9-4-1-2-7-11(9)10;1-3-2/h10,15H,6-9H2,1-5H3,(H,16,17);1-7,12H,8H2;3H2,1-2H3/t10?,14-;;/m0../s1. The number of hydrogen-bond acceptors (Lipinski definition) is 5. The fourth-order valence-electron chi connectivity index (χ4n) is 3.37. The van der Waals surface area contributed by atoms with Crippen molar-refractivity contribution in [2.24, 2.45) is 0 Å². The molecule has 0 aliphatic carbocycles. The number of nitrogens with one attached hydrogen (secondary N) is 2. The van der Waals surface area contributed by atoms with Crippen LogP contribution in [0.25, 0.3) is 10.8 Å². The van der Waals surface area contributed by atoms with Crippen molar-refractivity contribution in [3.63, 3.8) is 0 Å². The monoisotopic (exact) mass is 472 g/mol. The summed E-state index contributed by atoms with van der Waals surface area (Å²) in [5.41, 5.74) is -0.522. The number of aliphatic hydroxyl groups is 1. The van der Waals surface area contributed by atoms with E-state index < -0.39 is 11.1 Å². The Kier molecular flexibility index (Phi) is 12.2. The zero-order valence-electron chi connectivity index (χ0n) is 22.0. The zero-order chi connectivity index (χ0) is 25.8. The van der Waals surface area contributed by atoms with Crippen LogP contribution in [-0.2, 0) is 20.9 Å². The van der Waals surface area contributed by atoms with Gasteiger partial charge in [-0.25, -0.2) is 4.79 Å². The minimum atomic E-state index is -0.964. The van der Waals surface area contributed by atoms with Crippen molar-refractivity contribution in [2.45, 2.75) is 97.9 Å². The van der Waals surface area contributed by atoms with E-state index in [0.29, 0.717) is 6.42 Å². The maximum absolute atomic E-state index is 12.2. The van der Waals surface area contributed by atoms with Gasteiger partial charge in [0.2, 0.25) is 5.91 Å². The number of rotatable bonds is 5. The Morgan fingerprint density at radius 3 is 2.21 bits per heavy atom. The summed E-state index contributed by atoms with van der Waals surface area (Å²) >= 11 is 0. The Hall–Kier alpha value is -2.44. The molecule has 0 saturated carbocycles. The van der Waals surface area contributed by atoms with Crippen molar-refractivity contribution < 1.29 is 19.4 Å². The number of carbonyl (C=O) groups is 2. The van der Waals surface area contributed by atoms with Gasteiger partial charge in [-0.05, 0) is 69.8 Å². The molecule has 6 nitrogen and oxygen atoms in total. The molecule has 2 aromatic carbocycles. The smallest absolute Gasteiger partial charge is 0.332 e. The second kappa shape index (κ2) is 14.1. The molecule has 2 atom stereocenters. The highest BCUT2D eigenvalue weighted by Crippen LogP contribution is 2.19. The van der Waals surface area contributed by atoms with Crippen molar-refractivity contribution in [3.8, 4) is 0 Å². The summed E-state index contributed by atoms with van der Waals surface area (Å²) in [4.78, 5) is 24.3. The predicted octanol–water partition coefficient (Wildman–Crippen LogP) is 5.11. The molecule has 190 valence electrons. The van der Waals surface area contributed by atoms with E-state index >= 15 is 0 Å². The number of benzene rings is 2. The maximum Gasteiger partial charge on any atom is 0.332 e. The highest BCUT2D eigenvalue weighted by molar-refractivity contribution is 5.90. The molecule has 34 heavy (non-hydrogen) atoms. The maximum atomic E-state index is 12.2. The minimum absolute atomic E-state index is 0.112. The fourth-order valence-corrected chi connectivity index (χ4v) is 3.37. The van der Waals surface area contributed by atoms with E-state index in [-0.39, 0.29) is 24.5 Å². The van der Waals surface area contributed by atoms with Crippen molar-refractivity contribution in [3.05, 3.63) is 48.0 Å². The van der Waals surface area contributed by atoms with Gasteiger partial charge in [-0.3, -0.25) is 4.79 Å². The van der Waals surface area contributed by atoms with Crippen LogP contribution in [0.4, 0.5) is 0 Å². The molecule has 1 amide bonds. The van der Waals surface area contributed by atoms with Crippen LogP contribution >= 0.6 is 0 Å². The van der Waals surface area contributed by atoms with Gasteiger partial charge in [0.25, 0.3) is 0 Å². The molecule has 6 heteroatoms. The Bertz CT molecular complexity index is 895. The van der Waals surface area contributed by atoms with Gasteiger partial charge in [-0.1, -0.05) is 69.7 Å². The number of aliphatic hydroxyl groups excluding tert-OH is 1. The summed E-state index contributed by atoms with van der Waals surface area (Å²) < 4.78 is 5.38. The number of amides is 1. The van der Waals surface area contributed by atoms with Crippen LogP contribution in [-0.4, -0.2) is 40.7 Å². The third-order valence-corrected chi connectivity index (χ3v) is 5.38. The topological polar surface area (TPSA) is 87.7 Å². The van der Waals surface area contributed by atoms with Gasteiger partial charge in [-0.15, -0.1) is 0 Å². The summed E-state index contributed by atoms with van der Waals surface area (Å²) in [5.74, 6) is -0.499. The van der Waals surface area contributed by atoms with Crippen LogP contribution < -0.4 is 10.6 Å². The fraction of sp³-hybridized carbons (Fsp3) is 0.571. The predicted molar refractivity (Wildman–Crippen MR) is 140 cm³/mol. The Morgan fingerprint density at radius 2 is 1.68 bits per heavy atom. The Labute approximate surface area is 205 Å². The SMILES string of the molecule is CCC.CC[C@](C)(NC(=O)C1CCCN1)C(=O)OC(C)(C)C.OCc1cccc2ccccc12. The van der Waals surface area contributed by atoms with Crippen LogP contribution in [0, 0.1) is 0 Å². The molecular formula is C28H44N2O4. The molecular weight excluding hydrogens is 428 g/mol. The summed E-state index contributed by atoms with van der Waals surface area (Å²) in [6, 6.07) is 13.8. The first kappa shape index (κ1) is 29.6. The van der Waals surface area contributed by atoms with Gasteiger partial charge in [0.05, 0.1) is 12.6 Å². The molecule has 0 aromatic heterocycles. The van der Waals surface area contributed by atoms with Crippen molar-refractivity contribution in [2.75, 3.05) is 6.54 Å². The molecule has 2 aromatic rings. The molecule has 1 aliphatic heterocycles. The number of carbonyl (C=O) groups excluding carboxylic acids is 2. The van der Waals surface area contributed by atoms with E-state index in [9.17, 15) is 9.59 Å². The van der Waals surface area contributed by atoms with Crippen LogP contribution in [0.2, 0.25) is 0 Å². The largest absolute Gasteiger partial charge is 0.458 e. The molecule has 1 unspecified atom stereocenters. The van der Waals surface area contributed by atoms with Gasteiger partial charge >= 0.3 is 5.97 Å². The van der Waals surface area contributed by atoms with Crippen LogP contribution in [0.1, 0.15) is 79.7 Å². The number of esters is 1. The second-order valence-corrected chi connectivity index (χ2v) is 9.83. The van der Waals surface area contributed by atoms with E-state index in [0.717, 1.165) is 30.3 Å². The lowest BCUT2D eigenvalue weighted by molar-refractivity contribution is -0.164. The average molecular weight is 473 g/mol. The lowest BCUT2D eigenvalue weighted by Crippen LogP contribution is -2.57. The highest BCUT2D eigenvalue weighted by atomic mass is 16.6. The van der Waals surface area contributed by atoms with E-state index in [2.05, 4.69) is 36.6 Å². The summed E-state index contributed by atoms with van der Waals surface area (Å²) in [7, 11) is 0. The zero-order valence-corrected chi connectivity index (χ0v) is 22.0. The number of hydrogen-bond donors (Lipinski definition) is 3. The van der Waals surface area contributed by atoms with E-state index in [4.69, 9.17) is 9.84 Å². The number of fused-ring (bicyclic) bond motifs is 1. The van der Waals surface area contributed by atoms with Crippen molar-refractivity contribution in [1.29, 1.82) is 0 Å². The van der Waals surface area contributed by atoms with Crippen molar-refractivity contribution in [1.82, 2.24) is 10.6 Å². The summed E-state index contributed by atoms with van der Waals surface area (Å²) in [6.07, 6.45) is 3.56. The van der Waals surface area contributed by atoms with Gasteiger partial charge in [0.1, 0.15) is 11.1 Å². The van der Waals surface area contributed by atoms with E-state index in [1.54, 1.807) is 6.92 Å². The molecule has 3 rings (SSSR count). The van der Waals surface area contributed by atoms with Crippen LogP contribution in [0.5, 0.6) is 0 Å². The van der Waals surface area contributed by atoms with E-state index in [1.807, 2.05) is 58.0 Å². The van der Waals surface area contributed by atoms with Crippen LogP contribution in [0.15, 0.2) is 42.5 Å². The van der Waals surface area contributed by atoms with Crippen LogP contribution in [0.3, 0.4) is 0 Å². The quantitative estimate of drug-likeness (QED) is 0.526. The molecule has 1 fully saturated rings. The minimum Gasteiger partial charge on any atom is -0.458 e. The average Bonchev–Trinajstić information content (AvgIpc) is 3.33. The molecule has 1 aliphatic rings. The first-order chi connectivity index (χ1) is 16.0. The van der Waals surface area contributed by atoms with Crippen molar-refractivity contribution >= 4 is 22.6 Å². The van der Waals surface area contributed by atoms with Gasteiger partial charge in [0.15, 0.2) is 0 Å². The summed E-state index contributed by atoms with van der Waals surface area (Å²) in [6.45, 7) is 14.3. The first-order valence-electron chi connectivity index (χ1n) is 12.4. The van der Waals surface area contributed by atoms with E-state index in [1.165, 1.54) is 11.8 Å². The lowest BCUT2D eigenvalue weighted by atomic mass is 9.97. The van der Waals surface area contributed by atoms with Gasteiger partial charge in [-0.2, -0.15) is 0 Å². The van der Waals surface area contributed by atoms with Gasteiger partial charge in [0, 0.05) is 0 Å². The molecule has 0 spiro atoms. The highest BCUT2D eigenvalue weighted by Gasteiger charge is 2.38. The number of ether oxygens (including phenoxy) is 1. The lowest BCUT2D eigenvalue weighted by Gasteiger charge is -2.32. The Morgan fingerprint density at radius 1 is 1.06 bits per heavy atom. The Balaban J connectivity index is 0.000000327.